The zero-order valence-corrected chi connectivity index (χ0v) is 14.6. The number of pyridine rings is 1. The minimum absolute atomic E-state index is 0.153. The van der Waals surface area contributed by atoms with Gasteiger partial charge in [-0.15, -0.1) is 0 Å². The Morgan fingerprint density at radius 3 is 2.48 bits per heavy atom. The van der Waals surface area contributed by atoms with Gasteiger partial charge < -0.3 is 14.7 Å². The van der Waals surface area contributed by atoms with E-state index in [4.69, 9.17) is 0 Å². The Morgan fingerprint density at radius 1 is 1.00 bits per heavy atom. The van der Waals surface area contributed by atoms with E-state index in [9.17, 15) is 4.79 Å². The first kappa shape index (κ1) is 16.2. The van der Waals surface area contributed by atoms with Crippen molar-refractivity contribution in [1.29, 1.82) is 0 Å². The molecule has 0 aliphatic carbocycles. The van der Waals surface area contributed by atoms with Crippen LogP contribution in [-0.2, 0) is 4.79 Å². The van der Waals surface area contributed by atoms with E-state index in [1.807, 2.05) is 17.0 Å². The van der Waals surface area contributed by atoms with Crippen LogP contribution in [0.4, 0.5) is 5.82 Å². The first-order valence-electron chi connectivity index (χ1n) is 9.01. The molecule has 0 bridgehead atoms. The highest BCUT2D eigenvalue weighted by atomic mass is 16.2. The minimum Gasteiger partial charge on any atom is -0.356 e. The number of piperazine rings is 1. The first-order valence-corrected chi connectivity index (χ1v) is 9.01. The molecule has 4 rings (SSSR count). The van der Waals surface area contributed by atoms with Gasteiger partial charge >= 0.3 is 0 Å². The number of hydrogen-bond acceptors (Lipinski definition) is 6. The summed E-state index contributed by atoms with van der Waals surface area (Å²) in [5, 5.41) is 0. The van der Waals surface area contributed by atoms with E-state index in [0.717, 1.165) is 63.4 Å². The number of likely N-dealkylation sites (N-methyl/N-ethyl adjacent to an activating group) is 1. The second-order valence-corrected chi connectivity index (χ2v) is 6.96. The highest BCUT2D eigenvalue weighted by Crippen LogP contribution is 2.24. The third-order valence-electron chi connectivity index (χ3n) is 5.30. The minimum atomic E-state index is 0.153. The Bertz CT molecular complexity index is 750. The van der Waals surface area contributed by atoms with E-state index in [0.29, 0.717) is 11.6 Å². The molecule has 4 heterocycles. The fourth-order valence-corrected chi connectivity index (χ4v) is 3.66. The Morgan fingerprint density at radius 2 is 1.72 bits per heavy atom. The third kappa shape index (κ3) is 3.42. The van der Waals surface area contributed by atoms with Gasteiger partial charge in [-0.1, -0.05) is 0 Å². The standard InChI is InChI=1S/C18H24N6O/c1-22-10-12-24(13-11-22)18(25)14-4-8-23(9-5-14)16-3-2-15-17(21-16)20-7-6-19-15/h2-3,6-7,14H,4-5,8-13H2,1H3. The number of carbonyl (C=O) groups excluding carboxylic acids is 1. The lowest BCUT2D eigenvalue weighted by molar-refractivity contribution is -0.137. The molecule has 2 aliphatic rings. The van der Waals surface area contributed by atoms with E-state index in [1.54, 1.807) is 12.4 Å². The number of carbonyl (C=O) groups is 1. The predicted octanol–water partition coefficient (Wildman–Crippen LogP) is 1.02. The van der Waals surface area contributed by atoms with Crippen LogP contribution in [0.25, 0.3) is 11.2 Å². The van der Waals surface area contributed by atoms with Crippen LogP contribution in [0.3, 0.4) is 0 Å². The largest absolute Gasteiger partial charge is 0.356 e. The van der Waals surface area contributed by atoms with Crippen molar-refractivity contribution in [2.75, 3.05) is 51.2 Å². The highest BCUT2D eigenvalue weighted by molar-refractivity contribution is 5.79. The molecule has 0 unspecified atom stereocenters. The molecule has 2 saturated heterocycles. The third-order valence-corrected chi connectivity index (χ3v) is 5.30. The predicted molar refractivity (Wildman–Crippen MR) is 96.3 cm³/mol. The van der Waals surface area contributed by atoms with Gasteiger partial charge in [0.25, 0.3) is 0 Å². The van der Waals surface area contributed by atoms with Crippen molar-refractivity contribution in [3.05, 3.63) is 24.5 Å². The molecule has 0 N–H and O–H groups in total. The lowest BCUT2D eigenvalue weighted by Gasteiger charge is -2.37. The summed E-state index contributed by atoms with van der Waals surface area (Å²) in [6.07, 6.45) is 5.13. The molecular formula is C18H24N6O. The number of piperidine rings is 1. The second kappa shape index (κ2) is 6.92. The molecule has 2 aromatic rings. The highest BCUT2D eigenvalue weighted by Gasteiger charge is 2.30. The number of rotatable bonds is 2. The number of amides is 1. The molecule has 2 aromatic heterocycles. The summed E-state index contributed by atoms with van der Waals surface area (Å²) in [6.45, 7) is 5.41. The lowest BCUT2D eigenvalue weighted by atomic mass is 9.95. The van der Waals surface area contributed by atoms with Crippen LogP contribution in [0.1, 0.15) is 12.8 Å². The van der Waals surface area contributed by atoms with Gasteiger partial charge in [-0.05, 0) is 32.0 Å². The molecule has 0 spiro atoms. The average molecular weight is 340 g/mol. The van der Waals surface area contributed by atoms with Gasteiger partial charge in [0.05, 0.1) is 0 Å². The summed E-state index contributed by atoms with van der Waals surface area (Å²) in [7, 11) is 2.11. The van der Waals surface area contributed by atoms with Crippen LogP contribution in [0.5, 0.6) is 0 Å². The van der Waals surface area contributed by atoms with Crippen molar-refractivity contribution in [2.45, 2.75) is 12.8 Å². The molecule has 7 nitrogen and oxygen atoms in total. The molecule has 2 aliphatic heterocycles. The maximum Gasteiger partial charge on any atom is 0.225 e. The molecule has 0 atom stereocenters. The Kier molecular flexibility index (Phi) is 4.48. The summed E-state index contributed by atoms with van der Waals surface area (Å²) in [5.41, 5.74) is 1.49. The van der Waals surface area contributed by atoms with E-state index in [2.05, 4.69) is 31.8 Å². The Balaban J connectivity index is 1.38. The van der Waals surface area contributed by atoms with Crippen molar-refractivity contribution in [3.63, 3.8) is 0 Å². The summed E-state index contributed by atoms with van der Waals surface area (Å²) in [6, 6.07) is 3.96. The Hall–Kier alpha value is -2.28. The SMILES string of the molecule is CN1CCN(C(=O)C2CCN(c3ccc4nccnc4n3)CC2)CC1. The van der Waals surface area contributed by atoms with E-state index in [-0.39, 0.29) is 5.92 Å². The summed E-state index contributed by atoms with van der Waals surface area (Å²) >= 11 is 0. The fourth-order valence-electron chi connectivity index (χ4n) is 3.66. The molecule has 0 saturated carbocycles. The Labute approximate surface area is 147 Å². The van der Waals surface area contributed by atoms with Gasteiger partial charge in [0.1, 0.15) is 11.3 Å². The lowest BCUT2D eigenvalue weighted by Crippen LogP contribution is -2.50. The monoisotopic (exact) mass is 340 g/mol. The van der Waals surface area contributed by atoms with Crippen molar-refractivity contribution < 1.29 is 4.79 Å². The van der Waals surface area contributed by atoms with Crippen LogP contribution in [0, 0.1) is 5.92 Å². The van der Waals surface area contributed by atoms with Crippen molar-refractivity contribution in [1.82, 2.24) is 24.8 Å². The van der Waals surface area contributed by atoms with Gasteiger partial charge in [0.2, 0.25) is 5.91 Å². The maximum atomic E-state index is 12.7. The van der Waals surface area contributed by atoms with Crippen LogP contribution in [-0.4, -0.2) is 77.0 Å². The first-order chi connectivity index (χ1) is 12.2. The van der Waals surface area contributed by atoms with E-state index < -0.39 is 0 Å². The van der Waals surface area contributed by atoms with Crippen molar-refractivity contribution in [3.8, 4) is 0 Å². The van der Waals surface area contributed by atoms with Crippen LogP contribution >= 0.6 is 0 Å². The zero-order chi connectivity index (χ0) is 17.2. The van der Waals surface area contributed by atoms with Gasteiger partial charge in [0.15, 0.2) is 5.65 Å². The molecule has 7 heteroatoms. The molecule has 2 fully saturated rings. The molecular weight excluding hydrogens is 316 g/mol. The summed E-state index contributed by atoms with van der Waals surface area (Å²) < 4.78 is 0. The number of anilines is 1. The average Bonchev–Trinajstić information content (AvgIpc) is 2.68. The van der Waals surface area contributed by atoms with Gasteiger partial charge in [-0.3, -0.25) is 9.78 Å². The number of nitrogens with zero attached hydrogens (tertiary/aromatic N) is 6. The maximum absolute atomic E-state index is 12.7. The fraction of sp³-hybridized carbons (Fsp3) is 0.556. The van der Waals surface area contributed by atoms with Gasteiger partial charge in [-0.2, -0.15) is 0 Å². The zero-order valence-electron chi connectivity index (χ0n) is 14.6. The molecule has 0 aromatic carbocycles. The number of aromatic nitrogens is 3. The molecule has 0 radical (unpaired) electrons. The quantitative estimate of drug-likeness (QED) is 0.813. The number of fused-ring (bicyclic) bond motifs is 1. The molecule has 1 amide bonds. The summed E-state index contributed by atoms with van der Waals surface area (Å²) in [5.74, 6) is 1.42. The molecule has 25 heavy (non-hydrogen) atoms. The smallest absolute Gasteiger partial charge is 0.225 e. The molecule has 132 valence electrons. The van der Waals surface area contributed by atoms with Crippen molar-refractivity contribution >= 4 is 22.9 Å². The number of hydrogen-bond donors (Lipinski definition) is 0. The summed E-state index contributed by atoms with van der Waals surface area (Å²) in [4.78, 5) is 32.5. The van der Waals surface area contributed by atoms with Crippen LogP contribution in [0.2, 0.25) is 0 Å². The van der Waals surface area contributed by atoms with Crippen molar-refractivity contribution in [2.24, 2.45) is 5.92 Å². The normalized spacial score (nSPS) is 20.2. The van der Waals surface area contributed by atoms with Gasteiger partial charge in [-0.25, -0.2) is 9.97 Å². The van der Waals surface area contributed by atoms with Crippen LogP contribution < -0.4 is 4.90 Å². The van der Waals surface area contributed by atoms with E-state index >= 15 is 0 Å². The van der Waals surface area contributed by atoms with Gasteiger partial charge in [0, 0.05) is 57.6 Å². The topological polar surface area (TPSA) is 65.5 Å². The van der Waals surface area contributed by atoms with E-state index in [1.165, 1.54) is 0 Å². The van der Waals surface area contributed by atoms with Crippen LogP contribution in [0.15, 0.2) is 24.5 Å². The second-order valence-electron chi connectivity index (χ2n) is 6.96.